The van der Waals surface area contributed by atoms with Crippen LogP contribution in [0, 0.1) is 11.8 Å². The van der Waals surface area contributed by atoms with Crippen molar-refractivity contribution in [3.05, 3.63) is 30.1 Å². The van der Waals surface area contributed by atoms with Gasteiger partial charge in [0.2, 0.25) is 17.7 Å². The molecule has 1 saturated heterocycles. The Labute approximate surface area is 160 Å². The molecule has 146 valence electrons. The van der Waals surface area contributed by atoms with Crippen molar-refractivity contribution in [1.82, 2.24) is 20.1 Å². The summed E-state index contributed by atoms with van der Waals surface area (Å²) in [6, 6.07) is 3.78. The van der Waals surface area contributed by atoms with Crippen molar-refractivity contribution in [3.8, 4) is 0 Å². The second-order valence-electron chi connectivity index (χ2n) is 7.45. The lowest BCUT2D eigenvalue weighted by Crippen LogP contribution is -2.51. The number of pyridine rings is 1. The summed E-state index contributed by atoms with van der Waals surface area (Å²) in [5.41, 5.74) is 1.03. The van der Waals surface area contributed by atoms with Gasteiger partial charge in [-0.15, -0.1) is 0 Å². The van der Waals surface area contributed by atoms with Crippen molar-refractivity contribution >= 4 is 17.7 Å². The van der Waals surface area contributed by atoms with Gasteiger partial charge < -0.3 is 15.1 Å². The Balaban J connectivity index is 1.41. The molecule has 3 amide bonds. The number of piperazine rings is 1. The van der Waals surface area contributed by atoms with Crippen LogP contribution in [0.2, 0.25) is 0 Å². The van der Waals surface area contributed by atoms with Crippen LogP contribution in [0.4, 0.5) is 0 Å². The van der Waals surface area contributed by atoms with E-state index in [9.17, 15) is 14.4 Å². The summed E-state index contributed by atoms with van der Waals surface area (Å²) in [5.74, 6) is 0.339. The predicted molar refractivity (Wildman–Crippen MR) is 100 cm³/mol. The number of nitrogens with zero attached hydrogens (tertiary/aromatic N) is 3. The molecule has 7 nitrogen and oxygen atoms in total. The van der Waals surface area contributed by atoms with E-state index < -0.39 is 0 Å². The van der Waals surface area contributed by atoms with E-state index in [0.29, 0.717) is 32.7 Å². The monoisotopic (exact) mass is 372 g/mol. The SMILES string of the molecule is CC(=O)N1CCN(C(=O)C2CCC(C(=O)NCc3ccncc3)CC2)CC1. The summed E-state index contributed by atoms with van der Waals surface area (Å²) in [5, 5.41) is 2.99. The Bertz CT molecular complexity index is 663. The zero-order valence-corrected chi connectivity index (χ0v) is 15.9. The molecule has 1 aromatic rings. The van der Waals surface area contributed by atoms with Crippen molar-refractivity contribution in [2.24, 2.45) is 11.8 Å². The van der Waals surface area contributed by atoms with E-state index in [-0.39, 0.29) is 29.6 Å². The first-order valence-corrected chi connectivity index (χ1v) is 9.75. The second kappa shape index (κ2) is 8.97. The number of rotatable bonds is 4. The van der Waals surface area contributed by atoms with Gasteiger partial charge in [-0.2, -0.15) is 0 Å². The van der Waals surface area contributed by atoms with Crippen LogP contribution >= 0.6 is 0 Å². The summed E-state index contributed by atoms with van der Waals surface area (Å²) in [6.07, 6.45) is 6.47. The predicted octanol–water partition coefficient (Wildman–Crippen LogP) is 1.19. The largest absolute Gasteiger partial charge is 0.352 e. The Hall–Kier alpha value is -2.44. The van der Waals surface area contributed by atoms with Gasteiger partial charge in [0.1, 0.15) is 0 Å². The zero-order chi connectivity index (χ0) is 19.2. The van der Waals surface area contributed by atoms with Crippen molar-refractivity contribution in [3.63, 3.8) is 0 Å². The molecule has 0 radical (unpaired) electrons. The quantitative estimate of drug-likeness (QED) is 0.861. The van der Waals surface area contributed by atoms with Crippen LogP contribution in [0.25, 0.3) is 0 Å². The highest BCUT2D eigenvalue weighted by Crippen LogP contribution is 2.30. The molecule has 0 bridgehead atoms. The molecule has 0 unspecified atom stereocenters. The fraction of sp³-hybridized carbons (Fsp3) is 0.600. The number of aromatic nitrogens is 1. The first kappa shape index (κ1) is 19.3. The average molecular weight is 372 g/mol. The standard InChI is InChI=1S/C20H28N4O3/c1-15(25)23-10-12-24(13-11-23)20(27)18-4-2-17(3-5-18)19(26)22-14-16-6-8-21-9-7-16/h6-9,17-18H,2-5,10-14H2,1H3,(H,22,26). The molecule has 7 heteroatoms. The van der Waals surface area contributed by atoms with E-state index in [2.05, 4.69) is 10.3 Å². The number of nitrogens with one attached hydrogen (secondary N) is 1. The second-order valence-corrected chi connectivity index (χ2v) is 7.45. The van der Waals surface area contributed by atoms with Gasteiger partial charge >= 0.3 is 0 Å². The van der Waals surface area contributed by atoms with Crippen LogP contribution in [-0.2, 0) is 20.9 Å². The fourth-order valence-corrected chi connectivity index (χ4v) is 3.94. The smallest absolute Gasteiger partial charge is 0.225 e. The van der Waals surface area contributed by atoms with E-state index in [4.69, 9.17) is 0 Å². The Morgan fingerprint density at radius 1 is 0.963 bits per heavy atom. The van der Waals surface area contributed by atoms with Gasteiger partial charge in [-0.25, -0.2) is 0 Å². The summed E-state index contributed by atoms with van der Waals surface area (Å²) >= 11 is 0. The maximum atomic E-state index is 12.7. The van der Waals surface area contributed by atoms with Crippen molar-refractivity contribution in [2.45, 2.75) is 39.2 Å². The van der Waals surface area contributed by atoms with Gasteiger partial charge in [-0.05, 0) is 43.4 Å². The Kier molecular flexibility index (Phi) is 6.42. The van der Waals surface area contributed by atoms with Gasteiger partial charge in [-0.3, -0.25) is 19.4 Å². The summed E-state index contributed by atoms with van der Waals surface area (Å²) in [7, 11) is 0. The average Bonchev–Trinajstić information content (AvgIpc) is 2.72. The summed E-state index contributed by atoms with van der Waals surface area (Å²) < 4.78 is 0. The number of carbonyl (C=O) groups is 3. The Morgan fingerprint density at radius 3 is 2.11 bits per heavy atom. The fourth-order valence-electron chi connectivity index (χ4n) is 3.94. The lowest BCUT2D eigenvalue weighted by atomic mass is 9.80. The molecule has 1 aliphatic heterocycles. The molecule has 1 aliphatic carbocycles. The van der Waals surface area contributed by atoms with Crippen molar-refractivity contribution in [2.75, 3.05) is 26.2 Å². The lowest BCUT2D eigenvalue weighted by Gasteiger charge is -2.37. The third-order valence-corrected chi connectivity index (χ3v) is 5.70. The topological polar surface area (TPSA) is 82.6 Å². The minimum atomic E-state index is -0.00884. The van der Waals surface area contributed by atoms with Gasteiger partial charge in [0.15, 0.2) is 0 Å². The summed E-state index contributed by atoms with van der Waals surface area (Å²) in [6.45, 7) is 4.55. The Morgan fingerprint density at radius 2 is 1.52 bits per heavy atom. The van der Waals surface area contributed by atoms with E-state index in [1.165, 1.54) is 0 Å². The molecule has 0 spiro atoms. The highest BCUT2D eigenvalue weighted by Gasteiger charge is 2.33. The number of carbonyl (C=O) groups excluding carboxylic acids is 3. The first-order chi connectivity index (χ1) is 13.0. The van der Waals surface area contributed by atoms with E-state index in [0.717, 1.165) is 31.2 Å². The third-order valence-electron chi connectivity index (χ3n) is 5.70. The van der Waals surface area contributed by atoms with Gasteiger partial charge in [-0.1, -0.05) is 0 Å². The van der Waals surface area contributed by atoms with Gasteiger partial charge in [0, 0.05) is 63.9 Å². The molecule has 3 rings (SSSR count). The van der Waals surface area contributed by atoms with Crippen LogP contribution in [0.15, 0.2) is 24.5 Å². The summed E-state index contributed by atoms with van der Waals surface area (Å²) in [4.78, 5) is 44.2. The van der Waals surface area contributed by atoms with Gasteiger partial charge in [0.05, 0.1) is 0 Å². The zero-order valence-electron chi connectivity index (χ0n) is 15.9. The van der Waals surface area contributed by atoms with Crippen LogP contribution in [0.3, 0.4) is 0 Å². The number of amides is 3. The molecule has 2 heterocycles. The van der Waals surface area contributed by atoms with Crippen LogP contribution in [0.1, 0.15) is 38.2 Å². The normalized spacial score (nSPS) is 23.0. The number of hydrogen-bond donors (Lipinski definition) is 1. The molecule has 2 fully saturated rings. The minimum Gasteiger partial charge on any atom is -0.352 e. The van der Waals surface area contributed by atoms with Gasteiger partial charge in [0.25, 0.3) is 0 Å². The molecule has 0 atom stereocenters. The van der Waals surface area contributed by atoms with Crippen LogP contribution < -0.4 is 5.32 Å². The van der Waals surface area contributed by atoms with Crippen molar-refractivity contribution < 1.29 is 14.4 Å². The molecule has 27 heavy (non-hydrogen) atoms. The maximum Gasteiger partial charge on any atom is 0.225 e. The molecular formula is C20H28N4O3. The van der Waals surface area contributed by atoms with Crippen LogP contribution in [0.5, 0.6) is 0 Å². The molecule has 0 aromatic carbocycles. The lowest BCUT2D eigenvalue weighted by molar-refractivity contribution is -0.143. The van der Waals surface area contributed by atoms with Crippen molar-refractivity contribution in [1.29, 1.82) is 0 Å². The minimum absolute atomic E-state index is 0.00884. The van der Waals surface area contributed by atoms with E-state index >= 15 is 0 Å². The third kappa shape index (κ3) is 5.05. The molecule has 1 aromatic heterocycles. The molecule has 1 saturated carbocycles. The highest BCUT2D eigenvalue weighted by atomic mass is 16.2. The molecule has 1 N–H and O–H groups in total. The van der Waals surface area contributed by atoms with E-state index in [1.54, 1.807) is 24.2 Å². The number of hydrogen-bond acceptors (Lipinski definition) is 4. The molecular weight excluding hydrogens is 344 g/mol. The first-order valence-electron chi connectivity index (χ1n) is 9.75. The maximum absolute atomic E-state index is 12.7. The molecule has 2 aliphatic rings. The van der Waals surface area contributed by atoms with Crippen LogP contribution in [-0.4, -0.2) is 58.7 Å². The van der Waals surface area contributed by atoms with E-state index in [1.807, 2.05) is 17.0 Å². The highest BCUT2D eigenvalue weighted by molar-refractivity contribution is 5.81.